The molecule has 0 saturated carbocycles. The summed E-state index contributed by atoms with van der Waals surface area (Å²) in [5.41, 5.74) is 8.38. The summed E-state index contributed by atoms with van der Waals surface area (Å²) in [7, 11) is 0. The molecular formula is C48H48N4O2. The average Bonchev–Trinajstić information content (AvgIpc) is 3.75. The normalized spacial score (nSPS) is 16.2. The van der Waals surface area contributed by atoms with Gasteiger partial charge in [-0.1, -0.05) is 97.9 Å². The molecule has 0 aliphatic carbocycles. The molecule has 0 fully saturated rings. The minimum Gasteiger partial charge on any atom is -0.467 e. The Hall–Kier alpha value is -5.75. The molecule has 6 nitrogen and oxygen atoms in total. The number of aromatic nitrogens is 3. The molecular weight excluding hydrogens is 665 g/mol. The van der Waals surface area contributed by atoms with Crippen LogP contribution in [0.4, 0.5) is 0 Å². The van der Waals surface area contributed by atoms with Crippen molar-refractivity contribution >= 4 is 27.7 Å². The third-order valence-electron chi connectivity index (χ3n) is 10.4. The highest BCUT2D eigenvalue weighted by Crippen LogP contribution is 2.40. The molecule has 3 aromatic heterocycles. The molecule has 8 rings (SSSR count). The topological polar surface area (TPSA) is 61.5 Å². The van der Waals surface area contributed by atoms with Gasteiger partial charge < -0.3 is 9.47 Å². The lowest BCUT2D eigenvalue weighted by atomic mass is 9.86. The van der Waals surface area contributed by atoms with E-state index in [1.165, 1.54) is 16.5 Å². The zero-order valence-electron chi connectivity index (χ0n) is 32.5. The van der Waals surface area contributed by atoms with Gasteiger partial charge in [0.05, 0.1) is 22.8 Å². The molecule has 0 unspecified atom stereocenters. The molecule has 54 heavy (non-hydrogen) atoms. The van der Waals surface area contributed by atoms with Crippen molar-refractivity contribution in [1.82, 2.24) is 14.5 Å². The van der Waals surface area contributed by atoms with Gasteiger partial charge in [0.15, 0.2) is 0 Å². The number of nitrogens with zero attached hydrogens (tertiary/aromatic N) is 4. The highest BCUT2D eigenvalue weighted by Gasteiger charge is 2.35. The summed E-state index contributed by atoms with van der Waals surface area (Å²) in [6, 6.07) is 40.0. The number of hydrogen-bond acceptors (Lipinski definition) is 5. The first-order valence-electron chi connectivity index (χ1n) is 18.9. The summed E-state index contributed by atoms with van der Waals surface area (Å²) in [5, 5.41) is 2.34. The lowest BCUT2D eigenvalue weighted by Gasteiger charge is -2.20. The van der Waals surface area contributed by atoms with Crippen LogP contribution < -0.4 is 4.74 Å². The number of hydrogen-bond donors (Lipinski definition) is 0. The molecule has 0 amide bonds. The van der Waals surface area contributed by atoms with Crippen LogP contribution in [0.15, 0.2) is 133 Å². The van der Waals surface area contributed by atoms with E-state index >= 15 is 0 Å². The average molecular weight is 713 g/mol. The van der Waals surface area contributed by atoms with Crippen molar-refractivity contribution in [3.8, 4) is 28.6 Å². The van der Waals surface area contributed by atoms with E-state index in [0.29, 0.717) is 17.6 Å². The second kappa shape index (κ2) is 13.6. The number of aliphatic imine (C=N–C) groups is 1. The lowest BCUT2D eigenvalue weighted by Crippen LogP contribution is -2.19. The van der Waals surface area contributed by atoms with Crippen LogP contribution in [0.25, 0.3) is 38.9 Å². The lowest BCUT2D eigenvalue weighted by molar-refractivity contribution is 0.175. The van der Waals surface area contributed by atoms with E-state index < -0.39 is 0 Å². The van der Waals surface area contributed by atoms with Crippen molar-refractivity contribution in [2.24, 2.45) is 10.9 Å². The number of ether oxygens (including phenoxy) is 2. The summed E-state index contributed by atoms with van der Waals surface area (Å²) in [4.78, 5) is 14.8. The van der Waals surface area contributed by atoms with Crippen molar-refractivity contribution in [1.29, 1.82) is 0 Å². The van der Waals surface area contributed by atoms with E-state index in [1.54, 1.807) is 0 Å². The van der Waals surface area contributed by atoms with Crippen LogP contribution in [0.5, 0.6) is 11.5 Å². The molecule has 1 aliphatic heterocycles. The summed E-state index contributed by atoms with van der Waals surface area (Å²) in [6.07, 6.45) is 3.56. The highest BCUT2D eigenvalue weighted by molar-refractivity contribution is 6.10. The first-order valence-corrected chi connectivity index (χ1v) is 18.9. The van der Waals surface area contributed by atoms with Crippen LogP contribution >= 0.6 is 0 Å². The van der Waals surface area contributed by atoms with Gasteiger partial charge in [-0.2, -0.15) is 0 Å². The molecule has 4 heterocycles. The van der Waals surface area contributed by atoms with Gasteiger partial charge in [-0.15, -0.1) is 0 Å². The van der Waals surface area contributed by atoms with Crippen molar-refractivity contribution in [2.75, 3.05) is 0 Å². The summed E-state index contributed by atoms with van der Waals surface area (Å²) in [6.45, 7) is 17.9. The second-order valence-electron chi connectivity index (χ2n) is 16.8. The Morgan fingerprint density at radius 2 is 1.37 bits per heavy atom. The zero-order chi connectivity index (χ0) is 37.8. The molecule has 0 N–H and O–H groups in total. The molecule has 6 heteroatoms. The molecule has 1 aliphatic rings. The first-order chi connectivity index (χ1) is 25.8. The Balaban J connectivity index is 1.25. The zero-order valence-corrected chi connectivity index (χ0v) is 32.5. The third kappa shape index (κ3) is 6.77. The van der Waals surface area contributed by atoms with Gasteiger partial charge in [0.25, 0.3) is 0 Å². The van der Waals surface area contributed by atoms with Gasteiger partial charge in [0, 0.05) is 40.4 Å². The van der Waals surface area contributed by atoms with Crippen LogP contribution in [0.2, 0.25) is 0 Å². The number of rotatable bonds is 7. The largest absolute Gasteiger partial charge is 0.467 e. The molecule has 4 aromatic carbocycles. The van der Waals surface area contributed by atoms with Crippen molar-refractivity contribution < 1.29 is 9.47 Å². The maximum absolute atomic E-state index is 6.81. The van der Waals surface area contributed by atoms with Gasteiger partial charge in [0.1, 0.15) is 23.4 Å². The first kappa shape index (κ1) is 35.3. The van der Waals surface area contributed by atoms with Crippen molar-refractivity contribution in [3.63, 3.8) is 0 Å². The predicted molar refractivity (Wildman–Crippen MR) is 221 cm³/mol. The summed E-state index contributed by atoms with van der Waals surface area (Å²) >= 11 is 0. The van der Waals surface area contributed by atoms with Gasteiger partial charge in [-0.05, 0) is 100 Å². The number of fused-ring (bicyclic) bond motifs is 3. The van der Waals surface area contributed by atoms with Crippen LogP contribution in [0.3, 0.4) is 0 Å². The SMILES string of the molecule is CC(C)[C@H]1N=C(c2cc(Oc3ccc4c5cc(C(C)(C)C)ccc5n(-c5cc(C(C)(C)C)ccn5)c4c3)cc(-c3ccccn3)c2)O[C@H]1c1ccccc1. The quantitative estimate of drug-likeness (QED) is 0.165. The van der Waals surface area contributed by atoms with E-state index in [1.807, 2.05) is 48.8 Å². The van der Waals surface area contributed by atoms with Crippen LogP contribution in [-0.2, 0) is 15.6 Å². The third-order valence-corrected chi connectivity index (χ3v) is 10.4. The fraction of sp³-hybridized carbons (Fsp3) is 0.271. The predicted octanol–water partition coefficient (Wildman–Crippen LogP) is 12.2. The molecule has 2 atom stereocenters. The Morgan fingerprint density at radius 3 is 2.09 bits per heavy atom. The van der Waals surface area contributed by atoms with Gasteiger partial charge in [-0.25, -0.2) is 9.98 Å². The molecule has 0 radical (unpaired) electrons. The van der Waals surface area contributed by atoms with Crippen LogP contribution in [0, 0.1) is 5.92 Å². The van der Waals surface area contributed by atoms with E-state index in [-0.39, 0.29) is 23.0 Å². The Morgan fingerprint density at radius 1 is 0.630 bits per heavy atom. The Bertz CT molecular complexity index is 2500. The van der Waals surface area contributed by atoms with Gasteiger partial charge in [-0.3, -0.25) is 9.55 Å². The minimum atomic E-state index is -0.169. The fourth-order valence-electron chi connectivity index (χ4n) is 7.36. The maximum Gasteiger partial charge on any atom is 0.217 e. The maximum atomic E-state index is 6.81. The molecule has 0 saturated heterocycles. The number of pyridine rings is 2. The van der Waals surface area contributed by atoms with Crippen LogP contribution in [-0.4, -0.2) is 26.5 Å². The van der Waals surface area contributed by atoms with Crippen molar-refractivity contribution in [2.45, 2.75) is 78.4 Å². The Labute approximate surface area is 318 Å². The number of benzene rings is 4. The molecule has 0 spiro atoms. The van der Waals surface area contributed by atoms with Gasteiger partial charge in [0.2, 0.25) is 5.90 Å². The van der Waals surface area contributed by atoms with Crippen LogP contribution in [0.1, 0.15) is 83.7 Å². The molecule has 0 bridgehead atoms. The second-order valence-corrected chi connectivity index (χ2v) is 16.8. The summed E-state index contributed by atoms with van der Waals surface area (Å²) < 4.78 is 15.8. The molecule has 272 valence electrons. The van der Waals surface area contributed by atoms with E-state index in [0.717, 1.165) is 50.4 Å². The standard InChI is InChI=1S/C48H48N4O2/c1-30(2)44-45(31-14-10-9-11-15-31)54-46(51-44)33-24-32(40-16-12-13-22-49-40)25-37(26-33)53-36-18-19-38-39-27-34(47(3,4)5)17-20-41(39)52(42(38)29-36)43-28-35(21-23-50-43)48(6,7)8/h9-30,44-45H,1-8H3/t44-,45+/m1/s1. The Kier molecular flexibility index (Phi) is 8.88. The van der Waals surface area contributed by atoms with E-state index in [2.05, 4.69) is 144 Å². The van der Waals surface area contributed by atoms with Gasteiger partial charge >= 0.3 is 0 Å². The summed E-state index contributed by atoms with van der Waals surface area (Å²) in [5.74, 6) is 3.18. The van der Waals surface area contributed by atoms with Crippen molar-refractivity contribution in [3.05, 3.63) is 150 Å². The van der Waals surface area contributed by atoms with E-state index in [9.17, 15) is 0 Å². The molecule has 7 aromatic rings. The monoisotopic (exact) mass is 712 g/mol. The minimum absolute atomic E-state index is 0.00995. The highest BCUT2D eigenvalue weighted by atomic mass is 16.5. The smallest absolute Gasteiger partial charge is 0.217 e. The fourth-order valence-corrected chi connectivity index (χ4v) is 7.36. The van der Waals surface area contributed by atoms with E-state index in [4.69, 9.17) is 19.5 Å².